The molecule has 1 N–H and O–H groups in total. The van der Waals surface area contributed by atoms with Crippen LogP contribution < -0.4 is 5.32 Å². The van der Waals surface area contributed by atoms with Crippen molar-refractivity contribution >= 4 is 16.9 Å². The zero-order valence-electron chi connectivity index (χ0n) is 12.9. The van der Waals surface area contributed by atoms with Crippen LogP contribution >= 0.6 is 11.8 Å². The van der Waals surface area contributed by atoms with Gasteiger partial charge in [0, 0.05) is 11.8 Å². The van der Waals surface area contributed by atoms with E-state index in [0.29, 0.717) is 12.1 Å². The van der Waals surface area contributed by atoms with Gasteiger partial charge in [-0.1, -0.05) is 61.4 Å². The number of thioether (sulfide) groups is 1. The first-order chi connectivity index (χ1) is 10.3. The standard InChI is InChI=1S/C18H26N2S/c1-14(16-10-6-3-7-11-16)19-18-20-17(13-21-18)12-15-8-4-2-5-9-15/h2,4-5,8-9,14,16-17H,3,6-7,10-13H2,1H3,(H,19,20). The molecule has 2 atom stereocenters. The molecule has 2 nitrogen and oxygen atoms in total. The van der Waals surface area contributed by atoms with E-state index < -0.39 is 0 Å². The summed E-state index contributed by atoms with van der Waals surface area (Å²) in [5.74, 6) is 1.96. The fourth-order valence-corrected chi connectivity index (χ4v) is 4.47. The van der Waals surface area contributed by atoms with Crippen molar-refractivity contribution in [3.8, 4) is 0 Å². The van der Waals surface area contributed by atoms with Crippen molar-refractivity contribution in [2.45, 2.75) is 57.5 Å². The summed E-state index contributed by atoms with van der Waals surface area (Å²) in [6.07, 6.45) is 8.09. The van der Waals surface area contributed by atoms with Crippen LogP contribution in [0.3, 0.4) is 0 Å². The van der Waals surface area contributed by atoms with E-state index in [9.17, 15) is 0 Å². The molecule has 1 heterocycles. The van der Waals surface area contributed by atoms with Gasteiger partial charge in [-0.2, -0.15) is 0 Å². The molecular weight excluding hydrogens is 276 g/mol. The Morgan fingerprint density at radius 3 is 2.71 bits per heavy atom. The van der Waals surface area contributed by atoms with E-state index in [0.717, 1.165) is 18.1 Å². The molecule has 1 fully saturated rings. The van der Waals surface area contributed by atoms with Crippen LogP contribution in [0.15, 0.2) is 35.3 Å². The minimum absolute atomic E-state index is 0.443. The van der Waals surface area contributed by atoms with E-state index in [1.165, 1.54) is 42.8 Å². The Morgan fingerprint density at radius 1 is 1.19 bits per heavy atom. The van der Waals surface area contributed by atoms with Crippen LogP contribution in [0.5, 0.6) is 0 Å². The molecule has 0 bridgehead atoms. The Morgan fingerprint density at radius 2 is 1.95 bits per heavy atom. The molecule has 1 saturated carbocycles. The van der Waals surface area contributed by atoms with Gasteiger partial charge in [0.15, 0.2) is 5.17 Å². The summed E-state index contributed by atoms with van der Waals surface area (Å²) in [6, 6.07) is 11.7. The minimum Gasteiger partial charge on any atom is -0.362 e. The molecule has 2 unspecified atom stereocenters. The molecule has 3 heteroatoms. The summed E-state index contributed by atoms with van der Waals surface area (Å²) in [7, 11) is 0. The molecule has 3 rings (SSSR count). The van der Waals surface area contributed by atoms with Crippen molar-refractivity contribution in [2.24, 2.45) is 10.9 Å². The molecule has 1 aliphatic heterocycles. The lowest BCUT2D eigenvalue weighted by Crippen LogP contribution is -2.37. The van der Waals surface area contributed by atoms with Crippen LogP contribution in [0.25, 0.3) is 0 Å². The number of hydrogen-bond donors (Lipinski definition) is 1. The topological polar surface area (TPSA) is 24.4 Å². The van der Waals surface area contributed by atoms with Crippen LogP contribution in [0.1, 0.15) is 44.6 Å². The SMILES string of the molecule is CC(NC1=NC(Cc2ccccc2)CS1)C1CCCCC1. The summed E-state index contributed by atoms with van der Waals surface area (Å²) in [6.45, 7) is 2.34. The second-order valence-electron chi connectivity index (χ2n) is 6.42. The van der Waals surface area contributed by atoms with Crippen molar-refractivity contribution in [3.05, 3.63) is 35.9 Å². The second kappa shape index (κ2) is 7.35. The normalized spacial score (nSPS) is 24.6. The summed E-state index contributed by atoms with van der Waals surface area (Å²) < 4.78 is 0. The maximum absolute atomic E-state index is 4.89. The third-order valence-corrected chi connectivity index (χ3v) is 5.78. The average Bonchev–Trinajstić information content (AvgIpc) is 2.96. The van der Waals surface area contributed by atoms with Gasteiger partial charge in [0.1, 0.15) is 0 Å². The van der Waals surface area contributed by atoms with Gasteiger partial charge in [0.05, 0.1) is 6.04 Å². The first kappa shape index (κ1) is 15.0. The number of hydrogen-bond acceptors (Lipinski definition) is 3. The third-order valence-electron chi connectivity index (χ3n) is 4.73. The average molecular weight is 302 g/mol. The van der Waals surface area contributed by atoms with Crippen molar-refractivity contribution < 1.29 is 0 Å². The fourth-order valence-electron chi connectivity index (χ4n) is 3.43. The highest BCUT2D eigenvalue weighted by molar-refractivity contribution is 8.14. The summed E-state index contributed by atoms with van der Waals surface area (Å²) in [4.78, 5) is 4.89. The van der Waals surface area contributed by atoms with Crippen LogP contribution in [-0.4, -0.2) is 23.0 Å². The van der Waals surface area contributed by atoms with Crippen LogP contribution in [0.4, 0.5) is 0 Å². The van der Waals surface area contributed by atoms with Crippen LogP contribution in [0, 0.1) is 5.92 Å². The zero-order chi connectivity index (χ0) is 14.5. The van der Waals surface area contributed by atoms with Gasteiger partial charge in [0.2, 0.25) is 0 Å². The van der Waals surface area contributed by atoms with E-state index in [1.807, 2.05) is 11.8 Å². The number of amidine groups is 1. The lowest BCUT2D eigenvalue weighted by Gasteiger charge is -2.28. The lowest BCUT2D eigenvalue weighted by atomic mass is 9.85. The molecule has 114 valence electrons. The first-order valence-corrected chi connectivity index (χ1v) is 9.31. The van der Waals surface area contributed by atoms with Gasteiger partial charge in [-0.05, 0) is 37.7 Å². The molecule has 0 spiro atoms. The van der Waals surface area contributed by atoms with Crippen LogP contribution in [0.2, 0.25) is 0 Å². The first-order valence-electron chi connectivity index (χ1n) is 8.32. The van der Waals surface area contributed by atoms with Crippen molar-refractivity contribution in [1.82, 2.24) is 5.32 Å². The van der Waals surface area contributed by atoms with Crippen LogP contribution in [-0.2, 0) is 6.42 Å². The Labute approximate surface area is 132 Å². The molecule has 1 aromatic carbocycles. The summed E-state index contributed by atoms with van der Waals surface area (Å²) in [5.41, 5.74) is 1.40. The maximum atomic E-state index is 4.89. The minimum atomic E-state index is 0.443. The maximum Gasteiger partial charge on any atom is 0.157 e. The Kier molecular flexibility index (Phi) is 5.23. The molecule has 0 amide bonds. The van der Waals surface area contributed by atoms with E-state index in [1.54, 1.807) is 0 Å². The predicted octanol–water partition coefficient (Wildman–Crippen LogP) is 4.26. The summed E-state index contributed by atoms with van der Waals surface area (Å²) in [5, 5.41) is 4.85. The molecule has 1 aliphatic carbocycles. The quantitative estimate of drug-likeness (QED) is 0.898. The highest BCUT2D eigenvalue weighted by Gasteiger charge is 2.24. The van der Waals surface area contributed by atoms with Crippen molar-refractivity contribution in [2.75, 3.05) is 5.75 Å². The predicted molar refractivity (Wildman–Crippen MR) is 93.0 cm³/mol. The van der Waals surface area contributed by atoms with Gasteiger partial charge in [-0.25, -0.2) is 0 Å². The fraction of sp³-hybridized carbons (Fsp3) is 0.611. The van der Waals surface area contributed by atoms with E-state index in [4.69, 9.17) is 4.99 Å². The van der Waals surface area contributed by atoms with Gasteiger partial charge >= 0.3 is 0 Å². The van der Waals surface area contributed by atoms with Gasteiger partial charge in [0.25, 0.3) is 0 Å². The number of nitrogens with one attached hydrogen (secondary N) is 1. The van der Waals surface area contributed by atoms with Crippen molar-refractivity contribution in [3.63, 3.8) is 0 Å². The number of aliphatic imine (C=N–C) groups is 1. The lowest BCUT2D eigenvalue weighted by molar-refractivity contribution is 0.302. The molecule has 2 aliphatic rings. The highest BCUT2D eigenvalue weighted by Crippen LogP contribution is 2.27. The van der Waals surface area contributed by atoms with Gasteiger partial charge < -0.3 is 5.32 Å². The molecule has 0 aromatic heterocycles. The molecule has 0 radical (unpaired) electrons. The van der Waals surface area contributed by atoms with Gasteiger partial charge in [-0.3, -0.25) is 4.99 Å². The van der Waals surface area contributed by atoms with Gasteiger partial charge in [-0.15, -0.1) is 0 Å². The number of nitrogens with zero attached hydrogens (tertiary/aromatic N) is 1. The monoisotopic (exact) mass is 302 g/mol. The molecule has 1 aromatic rings. The van der Waals surface area contributed by atoms with E-state index in [2.05, 4.69) is 42.6 Å². The molecule has 21 heavy (non-hydrogen) atoms. The largest absolute Gasteiger partial charge is 0.362 e. The highest BCUT2D eigenvalue weighted by atomic mass is 32.2. The Hall–Kier alpha value is -0.960. The second-order valence-corrected chi connectivity index (χ2v) is 7.43. The van der Waals surface area contributed by atoms with E-state index in [-0.39, 0.29) is 0 Å². The zero-order valence-corrected chi connectivity index (χ0v) is 13.7. The van der Waals surface area contributed by atoms with E-state index >= 15 is 0 Å². The summed E-state index contributed by atoms with van der Waals surface area (Å²) >= 11 is 1.90. The third kappa shape index (κ3) is 4.26. The molecule has 0 saturated heterocycles. The Bertz CT molecular complexity index is 465. The number of rotatable bonds is 4. The van der Waals surface area contributed by atoms with Crippen molar-refractivity contribution in [1.29, 1.82) is 0 Å². The number of benzene rings is 1. The molecular formula is C18H26N2S. The Balaban J connectivity index is 1.51. The smallest absolute Gasteiger partial charge is 0.157 e.